The van der Waals surface area contributed by atoms with Gasteiger partial charge in [-0.05, 0) is 61.6 Å². The number of carboxylic acid groups (broad SMARTS) is 1. The number of hydrogen-bond donors (Lipinski definition) is 1. The number of carbonyl (C=O) groups is 1. The number of aromatic nitrogens is 4. The maximum Gasteiger partial charge on any atom is 0.408 e. The molecule has 1 amide bonds. The minimum atomic E-state index is -1.00. The highest BCUT2D eigenvalue weighted by atomic mass is 35.5. The molecule has 3 aromatic rings. The number of halogens is 2. The Hall–Kier alpha value is -3.00. The van der Waals surface area contributed by atoms with E-state index in [-0.39, 0.29) is 24.8 Å². The monoisotopic (exact) mass is 441 g/mol. The second-order valence-corrected chi connectivity index (χ2v) is 8.61. The summed E-state index contributed by atoms with van der Waals surface area (Å²) in [5.74, 6) is 1.66. The molecule has 5 rings (SSSR count). The largest absolute Gasteiger partial charge is 0.465 e. The van der Waals surface area contributed by atoms with Gasteiger partial charge < -0.3 is 5.11 Å². The fraction of sp³-hybridized carbons (Fsp3) is 0.364. The van der Waals surface area contributed by atoms with E-state index in [1.165, 1.54) is 17.2 Å². The molecule has 9 heteroatoms. The second kappa shape index (κ2) is 7.92. The van der Waals surface area contributed by atoms with Crippen molar-refractivity contribution < 1.29 is 14.3 Å². The van der Waals surface area contributed by atoms with Crippen LogP contribution in [0.25, 0.3) is 5.69 Å². The van der Waals surface area contributed by atoms with E-state index in [9.17, 15) is 14.3 Å². The van der Waals surface area contributed by atoms with Crippen LogP contribution < -0.4 is 0 Å². The summed E-state index contributed by atoms with van der Waals surface area (Å²) in [4.78, 5) is 17.3. The third kappa shape index (κ3) is 3.76. The smallest absolute Gasteiger partial charge is 0.408 e. The average Bonchev–Trinajstić information content (AvgIpc) is 3.10. The van der Waals surface area contributed by atoms with Crippen LogP contribution in [0.1, 0.15) is 60.4 Å². The van der Waals surface area contributed by atoms with Crippen LogP contribution in [0.4, 0.5) is 9.18 Å². The van der Waals surface area contributed by atoms with Crippen molar-refractivity contribution in [3.05, 3.63) is 70.3 Å². The zero-order valence-corrected chi connectivity index (χ0v) is 17.5. The van der Waals surface area contributed by atoms with Gasteiger partial charge in [-0.1, -0.05) is 11.6 Å². The van der Waals surface area contributed by atoms with Gasteiger partial charge in [-0.25, -0.2) is 9.18 Å². The highest BCUT2D eigenvalue weighted by Crippen LogP contribution is 2.41. The Morgan fingerprint density at radius 2 is 1.84 bits per heavy atom. The maximum atomic E-state index is 13.2. The van der Waals surface area contributed by atoms with E-state index in [0.29, 0.717) is 16.8 Å². The molecule has 0 atom stereocenters. The molecule has 1 fully saturated rings. The van der Waals surface area contributed by atoms with Crippen molar-refractivity contribution in [3.8, 4) is 5.69 Å². The fourth-order valence-electron chi connectivity index (χ4n) is 4.70. The van der Waals surface area contributed by atoms with E-state index in [0.717, 1.165) is 48.5 Å². The average molecular weight is 442 g/mol. The van der Waals surface area contributed by atoms with Crippen molar-refractivity contribution in [2.45, 2.75) is 50.6 Å². The molecule has 1 saturated carbocycles. The molecule has 1 aromatic carbocycles. The van der Waals surface area contributed by atoms with Crippen LogP contribution in [0.15, 0.2) is 36.5 Å². The molecule has 1 N–H and O–H groups in total. The predicted octanol–water partition coefficient (Wildman–Crippen LogP) is 4.89. The number of benzene rings is 1. The van der Waals surface area contributed by atoms with Gasteiger partial charge in [0.2, 0.25) is 0 Å². The first-order valence-corrected chi connectivity index (χ1v) is 10.7. The van der Waals surface area contributed by atoms with E-state index in [1.54, 1.807) is 6.07 Å². The first-order valence-electron chi connectivity index (χ1n) is 10.3. The molecular formula is C22H21ClFN5O2. The summed E-state index contributed by atoms with van der Waals surface area (Å²) < 4.78 is 15.2. The van der Waals surface area contributed by atoms with Crippen LogP contribution in [-0.4, -0.2) is 35.8 Å². The van der Waals surface area contributed by atoms with Crippen molar-refractivity contribution in [2.24, 2.45) is 0 Å². The number of fused-ring (bicyclic) bond motifs is 3. The van der Waals surface area contributed by atoms with Crippen LogP contribution in [0.2, 0.25) is 5.02 Å². The van der Waals surface area contributed by atoms with Crippen molar-refractivity contribution >= 4 is 17.7 Å². The van der Waals surface area contributed by atoms with Gasteiger partial charge in [-0.15, -0.1) is 10.2 Å². The molecule has 2 aliphatic rings. The van der Waals surface area contributed by atoms with Crippen LogP contribution in [0.5, 0.6) is 0 Å². The molecular weight excluding hydrogens is 421 g/mol. The van der Waals surface area contributed by atoms with E-state index in [2.05, 4.69) is 15.2 Å². The van der Waals surface area contributed by atoms with Gasteiger partial charge in [0, 0.05) is 22.6 Å². The molecule has 7 nitrogen and oxygen atoms in total. The number of amides is 1. The normalized spacial score (nSPS) is 20.6. The van der Waals surface area contributed by atoms with Crippen LogP contribution in [-0.2, 0) is 13.1 Å². The zero-order valence-electron chi connectivity index (χ0n) is 16.7. The molecule has 1 aliphatic carbocycles. The minimum Gasteiger partial charge on any atom is -0.465 e. The lowest BCUT2D eigenvalue weighted by atomic mass is 9.80. The Morgan fingerprint density at radius 1 is 1.06 bits per heavy atom. The highest BCUT2D eigenvalue weighted by Gasteiger charge is 2.32. The lowest BCUT2D eigenvalue weighted by Crippen LogP contribution is -2.27. The second-order valence-electron chi connectivity index (χ2n) is 8.17. The van der Waals surface area contributed by atoms with Gasteiger partial charge in [0.15, 0.2) is 5.82 Å². The van der Waals surface area contributed by atoms with Crippen molar-refractivity contribution in [1.29, 1.82) is 0 Å². The topological polar surface area (TPSA) is 84.1 Å². The van der Waals surface area contributed by atoms with Crippen molar-refractivity contribution in [2.75, 3.05) is 0 Å². The van der Waals surface area contributed by atoms with Crippen LogP contribution in [0.3, 0.4) is 0 Å². The summed E-state index contributed by atoms with van der Waals surface area (Å²) in [7, 11) is 0. The van der Waals surface area contributed by atoms with Gasteiger partial charge in [0.25, 0.3) is 0 Å². The van der Waals surface area contributed by atoms with E-state index in [4.69, 9.17) is 11.6 Å². The number of nitrogens with zero attached hydrogens (tertiary/aromatic N) is 5. The SMILES string of the molecule is O=C(O)N1Cc2cc(Cl)ccc2-n2c(nnc2[C@H]2CC[C@H](c3ccc(F)cn3)CC2)C1. The third-order valence-corrected chi connectivity index (χ3v) is 6.50. The number of hydrogen-bond acceptors (Lipinski definition) is 4. The Labute approximate surface area is 183 Å². The Kier molecular flexibility index (Phi) is 5.09. The van der Waals surface area contributed by atoms with Gasteiger partial charge in [-0.3, -0.25) is 14.5 Å². The summed E-state index contributed by atoms with van der Waals surface area (Å²) in [6, 6.07) is 8.75. The lowest BCUT2D eigenvalue weighted by molar-refractivity contribution is 0.139. The molecule has 2 aromatic heterocycles. The summed E-state index contributed by atoms with van der Waals surface area (Å²) in [5.41, 5.74) is 2.64. The molecule has 3 heterocycles. The Bertz CT molecular complexity index is 1130. The summed E-state index contributed by atoms with van der Waals surface area (Å²) in [5, 5.41) is 19.0. The van der Waals surface area contributed by atoms with Gasteiger partial charge in [0.1, 0.15) is 11.6 Å². The molecule has 0 bridgehead atoms. The zero-order chi connectivity index (χ0) is 21.5. The first kappa shape index (κ1) is 19.9. The maximum absolute atomic E-state index is 13.2. The number of pyridine rings is 1. The van der Waals surface area contributed by atoms with Crippen LogP contribution in [0, 0.1) is 5.82 Å². The Morgan fingerprint density at radius 3 is 2.55 bits per heavy atom. The minimum absolute atomic E-state index is 0.170. The van der Waals surface area contributed by atoms with E-state index >= 15 is 0 Å². The van der Waals surface area contributed by atoms with Crippen LogP contribution >= 0.6 is 11.6 Å². The predicted molar refractivity (Wildman–Crippen MR) is 112 cm³/mol. The highest BCUT2D eigenvalue weighted by molar-refractivity contribution is 6.30. The molecule has 0 spiro atoms. The van der Waals surface area contributed by atoms with Gasteiger partial charge in [-0.2, -0.15) is 0 Å². The molecule has 0 unspecified atom stereocenters. The summed E-state index contributed by atoms with van der Waals surface area (Å²) >= 11 is 6.19. The summed E-state index contributed by atoms with van der Waals surface area (Å²) in [6.45, 7) is 0.417. The standard InChI is InChI=1S/C22H21ClFN5O2/c23-16-5-8-19-15(9-16)11-28(22(30)31)12-20-26-27-21(29(19)20)14-3-1-13(2-4-14)18-7-6-17(24)10-25-18/h5-10,13-14H,1-4,11-12H2,(H,30,31)/t13-,14-. The third-order valence-electron chi connectivity index (χ3n) is 6.26. The molecule has 0 radical (unpaired) electrons. The van der Waals surface area contributed by atoms with Gasteiger partial charge in [0.05, 0.1) is 25.0 Å². The van der Waals surface area contributed by atoms with E-state index < -0.39 is 6.09 Å². The van der Waals surface area contributed by atoms with E-state index in [1.807, 2.05) is 22.8 Å². The Balaban J connectivity index is 1.45. The number of rotatable bonds is 2. The van der Waals surface area contributed by atoms with Gasteiger partial charge >= 0.3 is 6.09 Å². The molecule has 1 aliphatic heterocycles. The lowest BCUT2D eigenvalue weighted by Gasteiger charge is -2.28. The fourth-order valence-corrected chi connectivity index (χ4v) is 4.90. The molecule has 160 valence electrons. The van der Waals surface area contributed by atoms with Crippen molar-refractivity contribution in [1.82, 2.24) is 24.6 Å². The first-order chi connectivity index (χ1) is 15.0. The molecule has 31 heavy (non-hydrogen) atoms. The molecule has 0 saturated heterocycles. The summed E-state index contributed by atoms with van der Waals surface area (Å²) in [6.07, 6.45) is 3.95. The quantitative estimate of drug-likeness (QED) is 0.612. The van der Waals surface area contributed by atoms with Crippen molar-refractivity contribution in [3.63, 3.8) is 0 Å².